The van der Waals surface area contributed by atoms with Crippen LogP contribution in [0.3, 0.4) is 0 Å². The molecule has 0 N–H and O–H groups in total. The van der Waals surface area contributed by atoms with Crippen LogP contribution in [0.4, 0.5) is 0 Å². The third-order valence-electron chi connectivity index (χ3n) is 10.3. The van der Waals surface area contributed by atoms with Crippen molar-refractivity contribution in [1.82, 2.24) is 0 Å². The molecule has 0 unspecified atom stereocenters. The Morgan fingerprint density at radius 2 is 0.463 bits per heavy atom. The summed E-state index contributed by atoms with van der Waals surface area (Å²) in [6, 6.07) is 0. The maximum absolute atomic E-state index is 10.3. The molecule has 0 saturated carbocycles. The van der Waals surface area contributed by atoms with E-state index in [1.165, 1.54) is 218 Å². The molecule has 0 aliphatic rings. The summed E-state index contributed by atoms with van der Waals surface area (Å²) in [5.41, 5.74) is 0. The molecule has 0 radical (unpaired) electrons. The molecule has 0 saturated heterocycles. The van der Waals surface area contributed by atoms with Gasteiger partial charge in [0.25, 0.3) is 0 Å². The van der Waals surface area contributed by atoms with Gasteiger partial charge in [0.05, 0.1) is 0 Å². The first kappa shape index (κ1) is 62.3. The van der Waals surface area contributed by atoms with Gasteiger partial charge in [-0.2, -0.15) is 0 Å². The Hall–Kier alpha value is 1.69. The van der Waals surface area contributed by atoms with E-state index in [-0.39, 0.29) is 116 Å². The summed E-state index contributed by atoms with van der Waals surface area (Å²) in [4.78, 5) is 20.6. The summed E-state index contributed by atoms with van der Waals surface area (Å²) in [7, 11) is 0. The normalized spacial score (nSPS) is 11.0. The van der Waals surface area contributed by atoms with E-state index in [1.54, 1.807) is 0 Å². The standard InChI is InChI=1S/2C24H46O2.2K/c2*1-2-3-4-5-6-7-8-9-10-11-12-13-14-15-16-17-18-19-20-21-22-23-24(25)26;;/h2*9-10H,2-8,11-23H2,1H3,(H,25,26);;/q;;2*+1/p-2/b2*10-9-;;. The van der Waals surface area contributed by atoms with Crippen molar-refractivity contribution in [2.45, 2.75) is 271 Å². The number of carbonyl (C=O) groups is 2. The largest absolute Gasteiger partial charge is 1.00 e. The van der Waals surface area contributed by atoms with E-state index in [2.05, 4.69) is 38.2 Å². The van der Waals surface area contributed by atoms with Gasteiger partial charge in [0.2, 0.25) is 0 Å². The van der Waals surface area contributed by atoms with Crippen LogP contribution >= 0.6 is 0 Å². The third kappa shape index (κ3) is 65.5. The molecule has 0 bridgehead atoms. The van der Waals surface area contributed by atoms with E-state index in [0.29, 0.717) is 0 Å². The molecule has 54 heavy (non-hydrogen) atoms. The molecule has 0 aromatic heterocycles. The van der Waals surface area contributed by atoms with Crippen LogP contribution in [0.2, 0.25) is 0 Å². The summed E-state index contributed by atoms with van der Waals surface area (Å²) >= 11 is 0. The summed E-state index contributed by atoms with van der Waals surface area (Å²) in [5, 5.41) is 20.6. The van der Waals surface area contributed by atoms with Crippen LogP contribution in [0.5, 0.6) is 0 Å². The van der Waals surface area contributed by atoms with E-state index in [0.717, 1.165) is 25.7 Å². The van der Waals surface area contributed by atoms with Crippen molar-refractivity contribution in [3.05, 3.63) is 24.3 Å². The van der Waals surface area contributed by atoms with E-state index in [1.807, 2.05) is 0 Å². The minimum absolute atomic E-state index is 0. The predicted octanol–water partition coefficient (Wildman–Crippen LogP) is 8.24. The quantitative estimate of drug-likeness (QED) is 0.0354. The average molecular weight is 809 g/mol. The van der Waals surface area contributed by atoms with E-state index < -0.39 is 11.9 Å². The zero-order chi connectivity index (χ0) is 38.3. The Kier molecular flexibility index (Phi) is 68.1. The molecule has 308 valence electrons. The number of allylic oxidation sites excluding steroid dienone is 4. The Balaban J connectivity index is -0.000000446. The Morgan fingerprint density at radius 3 is 0.648 bits per heavy atom. The van der Waals surface area contributed by atoms with Gasteiger partial charge in [-0.25, -0.2) is 0 Å². The first-order chi connectivity index (χ1) is 25.5. The molecule has 0 amide bonds. The average Bonchev–Trinajstić information content (AvgIpc) is 3.13. The van der Waals surface area contributed by atoms with Crippen LogP contribution in [0.25, 0.3) is 0 Å². The van der Waals surface area contributed by atoms with Crippen LogP contribution in [-0.4, -0.2) is 11.9 Å². The van der Waals surface area contributed by atoms with E-state index in [4.69, 9.17) is 0 Å². The van der Waals surface area contributed by atoms with Crippen LogP contribution in [0.1, 0.15) is 271 Å². The first-order valence-corrected chi connectivity index (χ1v) is 23.2. The number of unbranched alkanes of at least 4 members (excludes halogenated alkanes) is 34. The van der Waals surface area contributed by atoms with Gasteiger partial charge in [0.15, 0.2) is 0 Å². The van der Waals surface area contributed by atoms with E-state index in [9.17, 15) is 19.8 Å². The van der Waals surface area contributed by atoms with Crippen molar-refractivity contribution in [2.24, 2.45) is 0 Å². The zero-order valence-electron chi connectivity index (χ0n) is 37.2. The summed E-state index contributed by atoms with van der Waals surface area (Å²) < 4.78 is 0. The Bertz CT molecular complexity index is 693. The Labute approximate surface area is 423 Å². The maximum Gasteiger partial charge on any atom is 1.00 e. The van der Waals surface area contributed by atoms with Crippen molar-refractivity contribution in [1.29, 1.82) is 0 Å². The fourth-order valence-corrected chi connectivity index (χ4v) is 6.80. The molecular weight excluding hydrogens is 719 g/mol. The summed E-state index contributed by atoms with van der Waals surface area (Å²) in [6.45, 7) is 4.55. The number of aliphatic carboxylic acids is 2. The van der Waals surface area contributed by atoms with Gasteiger partial charge in [0.1, 0.15) is 0 Å². The fourth-order valence-electron chi connectivity index (χ4n) is 6.80. The molecule has 0 aliphatic carbocycles. The molecular formula is C48H90K2O4. The first-order valence-electron chi connectivity index (χ1n) is 23.2. The fraction of sp³-hybridized carbons (Fsp3) is 0.875. The molecule has 0 aromatic carbocycles. The minimum Gasteiger partial charge on any atom is -0.550 e. The van der Waals surface area contributed by atoms with Gasteiger partial charge in [-0.3, -0.25) is 0 Å². The van der Waals surface area contributed by atoms with Gasteiger partial charge < -0.3 is 19.8 Å². The van der Waals surface area contributed by atoms with E-state index >= 15 is 0 Å². The molecule has 0 aromatic rings. The summed E-state index contributed by atoms with van der Waals surface area (Å²) in [6.07, 6.45) is 59.5. The van der Waals surface area contributed by atoms with Gasteiger partial charge in [-0.05, 0) is 77.0 Å². The number of carboxylic acid groups (broad SMARTS) is 2. The molecule has 6 heteroatoms. The summed E-state index contributed by atoms with van der Waals surface area (Å²) in [5.74, 6) is -1.81. The van der Waals surface area contributed by atoms with Crippen molar-refractivity contribution in [3.8, 4) is 0 Å². The van der Waals surface area contributed by atoms with Gasteiger partial charge >= 0.3 is 103 Å². The topological polar surface area (TPSA) is 80.3 Å². The van der Waals surface area contributed by atoms with Crippen LogP contribution < -0.4 is 113 Å². The Morgan fingerprint density at radius 1 is 0.296 bits per heavy atom. The van der Waals surface area contributed by atoms with Gasteiger partial charge in [-0.1, -0.05) is 218 Å². The molecule has 4 nitrogen and oxygen atoms in total. The monoisotopic (exact) mass is 809 g/mol. The molecule has 0 aliphatic heterocycles. The molecule has 0 rings (SSSR count). The number of hydrogen-bond acceptors (Lipinski definition) is 4. The maximum atomic E-state index is 10.3. The second kappa shape index (κ2) is 59.0. The van der Waals surface area contributed by atoms with Gasteiger partial charge in [0, 0.05) is 11.9 Å². The van der Waals surface area contributed by atoms with Crippen LogP contribution in [-0.2, 0) is 9.59 Å². The van der Waals surface area contributed by atoms with Crippen molar-refractivity contribution >= 4 is 11.9 Å². The van der Waals surface area contributed by atoms with Crippen molar-refractivity contribution < 1.29 is 123 Å². The molecule has 0 heterocycles. The smallest absolute Gasteiger partial charge is 0.550 e. The molecule has 0 atom stereocenters. The second-order valence-electron chi connectivity index (χ2n) is 15.7. The molecule has 0 spiro atoms. The van der Waals surface area contributed by atoms with Crippen LogP contribution in [0.15, 0.2) is 24.3 Å². The molecule has 0 fully saturated rings. The number of hydrogen-bond donors (Lipinski definition) is 0. The van der Waals surface area contributed by atoms with Crippen molar-refractivity contribution in [3.63, 3.8) is 0 Å². The number of carbonyl (C=O) groups excluding carboxylic acids is 2. The third-order valence-corrected chi connectivity index (χ3v) is 10.3. The van der Waals surface area contributed by atoms with Crippen LogP contribution in [0, 0.1) is 0 Å². The SMILES string of the molecule is CCCCCCCC/C=C\CCCCCCCCCCCCCC(=O)[O-].CCCCCCCC/C=C\CCCCCCCCCCCCCC(=O)[O-].[K+].[K+]. The number of rotatable bonds is 42. The second-order valence-corrected chi connectivity index (χ2v) is 15.7. The van der Waals surface area contributed by atoms with Gasteiger partial charge in [-0.15, -0.1) is 0 Å². The minimum atomic E-state index is -0.904. The number of carboxylic acids is 2. The van der Waals surface area contributed by atoms with Crippen molar-refractivity contribution in [2.75, 3.05) is 0 Å². The zero-order valence-corrected chi connectivity index (χ0v) is 43.5. The predicted molar refractivity (Wildman–Crippen MR) is 224 cm³/mol.